The smallest absolute Gasteiger partial charge is 0.387 e. The number of rotatable bonds is 4. The topological polar surface area (TPSA) is 65.4 Å². The van der Waals surface area contributed by atoms with Gasteiger partial charge in [-0.3, -0.25) is 9.48 Å². The SMILES string of the molecule is COc1cc([C@@H]2SCC(=O)Nc3c2cnn3C)ccc1OC(F)F. The molecule has 1 aliphatic heterocycles. The molecule has 128 valence electrons. The van der Waals surface area contributed by atoms with Crippen molar-refractivity contribution < 1.29 is 23.0 Å². The number of carbonyl (C=O) groups excluding carboxylic acids is 1. The lowest BCUT2D eigenvalue weighted by Crippen LogP contribution is -2.15. The molecule has 2 aromatic rings. The average Bonchev–Trinajstić information content (AvgIpc) is 2.80. The van der Waals surface area contributed by atoms with Crippen LogP contribution in [0.2, 0.25) is 0 Å². The van der Waals surface area contributed by atoms with Crippen LogP contribution in [0.3, 0.4) is 0 Å². The van der Waals surface area contributed by atoms with E-state index < -0.39 is 6.61 Å². The standard InChI is InChI=1S/C15H15F2N3O3S/c1-20-14-9(6-18-20)13(24-7-12(21)19-14)8-3-4-10(23-15(16)17)11(5-8)22-2/h3-6,13,15H,7H2,1-2H3,(H,19,21)/t13-/m0/s1. The van der Waals surface area contributed by atoms with Gasteiger partial charge in [-0.1, -0.05) is 6.07 Å². The minimum atomic E-state index is -2.93. The number of anilines is 1. The molecule has 3 rings (SSSR count). The van der Waals surface area contributed by atoms with Gasteiger partial charge in [0, 0.05) is 12.6 Å². The van der Waals surface area contributed by atoms with E-state index >= 15 is 0 Å². The normalized spacial score (nSPS) is 17.2. The van der Waals surface area contributed by atoms with Crippen LogP contribution < -0.4 is 14.8 Å². The molecule has 1 aliphatic rings. The van der Waals surface area contributed by atoms with Crippen molar-refractivity contribution in [3.63, 3.8) is 0 Å². The predicted octanol–water partition coefficient (Wildman–Crippen LogP) is 2.80. The number of alkyl halides is 2. The third-order valence-corrected chi connectivity index (χ3v) is 4.88. The first-order valence-corrected chi connectivity index (χ1v) is 8.10. The molecule has 0 radical (unpaired) electrons. The van der Waals surface area contributed by atoms with E-state index in [1.807, 2.05) is 0 Å². The number of nitrogens with one attached hydrogen (secondary N) is 1. The summed E-state index contributed by atoms with van der Waals surface area (Å²) in [5.74, 6) is 0.966. The molecule has 6 nitrogen and oxygen atoms in total. The van der Waals surface area contributed by atoms with Crippen molar-refractivity contribution in [2.24, 2.45) is 7.05 Å². The second-order valence-electron chi connectivity index (χ2n) is 5.10. The van der Waals surface area contributed by atoms with Gasteiger partial charge in [0.1, 0.15) is 5.82 Å². The number of thioether (sulfide) groups is 1. The van der Waals surface area contributed by atoms with E-state index in [1.54, 1.807) is 30.1 Å². The Labute approximate surface area is 141 Å². The fraction of sp³-hybridized carbons (Fsp3) is 0.333. The Morgan fingerprint density at radius 1 is 1.42 bits per heavy atom. The van der Waals surface area contributed by atoms with Crippen LogP contribution in [0.5, 0.6) is 11.5 Å². The highest BCUT2D eigenvalue weighted by molar-refractivity contribution is 8.00. The first kappa shape index (κ1) is 16.6. The van der Waals surface area contributed by atoms with Crippen LogP contribution in [-0.2, 0) is 11.8 Å². The van der Waals surface area contributed by atoms with Gasteiger partial charge >= 0.3 is 6.61 Å². The fourth-order valence-electron chi connectivity index (χ4n) is 2.53. The number of ether oxygens (including phenoxy) is 2. The largest absolute Gasteiger partial charge is 0.493 e. The highest BCUT2D eigenvalue weighted by atomic mass is 32.2. The molecule has 0 unspecified atom stereocenters. The number of carbonyl (C=O) groups is 1. The van der Waals surface area contributed by atoms with Crippen LogP contribution in [0.15, 0.2) is 24.4 Å². The Balaban J connectivity index is 2.00. The number of hydrogen-bond acceptors (Lipinski definition) is 5. The second-order valence-corrected chi connectivity index (χ2v) is 6.19. The molecule has 0 aliphatic carbocycles. The van der Waals surface area contributed by atoms with Crippen LogP contribution in [0, 0.1) is 0 Å². The zero-order chi connectivity index (χ0) is 17.3. The summed E-state index contributed by atoms with van der Waals surface area (Å²) in [4.78, 5) is 11.9. The molecule has 0 bridgehead atoms. The van der Waals surface area contributed by atoms with Gasteiger partial charge in [-0.2, -0.15) is 13.9 Å². The summed E-state index contributed by atoms with van der Waals surface area (Å²) in [6, 6.07) is 4.77. The van der Waals surface area contributed by atoms with Crippen molar-refractivity contribution in [1.82, 2.24) is 9.78 Å². The van der Waals surface area contributed by atoms with Crippen molar-refractivity contribution in [3.8, 4) is 11.5 Å². The van der Waals surface area contributed by atoms with E-state index in [2.05, 4.69) is 15.2 Å². The number of methoxy groups -OCH3 is 1. The summed E-state index contributed by atoms with van der Waals surface area (Å²) in [5.41, 5.74) is 1.65. The molecule has 0 saturated heterocycles. The van der Waals surface area contributed by atoms with Gasteiger partial charge in [0.2, 0.25) is 5.91 Å². The van der Waals surface area contributed by atoms with Gasteiger partial charge in [-0.05, 0) is 17.7 Å². The minimum absolute atomic E-state index is 0.0320. The third-order valence-electron chi connectivity index (χ3n) is 3.59. The van der Waals surface area contributed by atoms with Crippen molar-refractivity contribution in [3.05, 3.63) is 35.5 Å². The number of nitrogens with zero attached hydrogens (tertiary/aromatic N) is 2. The predicted molar refractivity (Wildman–Crippen MR) is 85.8 cm³/mol. The van der Waals surface area contributed by atoms with Crippen molar-refractivity contribution in [2.75, 3.05) is 18.2 Å². The Kier molecular flexibility index (Phi) is 4.61. The maximum atomic E-state index is 12.5. The molecule has 0 fully saturated rings. The van der Waals surface area contributed by atoms with Gasteiger partial charge < -0.3 is 14.8 Å². The van der Waals surface area contributed by atoms with E-state index in [9.17, 15) is 13.6 Å². The van der Waals surface area contributed by atoms with Crippen LogP contribution >= 0.6 is 11.8 Å². The van der Waals surface area contributed by atoms with Gasteiger partial charge in [0.05, 0.1) is 24.3 Å². The number of aryl methyl sites for hydroxylation is 1. The molecule has 1 atom stereocenters. The van der Waals surface area contributed by atoms with Gasteiger partial charge in [0.25, 0.3) is 0 Å². The van der Waals surface area contributed by atoms with Crippen molar-refractivity contribution in [1.29, 1.82) is 0 Å². The second kappa shape index (κ2) is 6.68. The molecule has 0 spiro atoms. The number of hydrogen-bond donors (Lipinski definition) is 1. The first-order chi connectivity index (χ1) is 11.5. The molecule has 1 aromatic carbocycles. The first-order valence-electron chi connectivity index (χ1n) is 7.05. The van der Waals surface area contributed by atoms with E-state index in [-0.39, 0.29) is 28.4 Å². The quantitative estimate of drug-likeness (QED) is 0.914. The number of fused-ring (bicyclic) bond motifs is 1. The monoisotopic (exact) mass is 355 g/mol. The lowest BCUT2D eigenvalue weighted by atomic mass is 10.1. The van der Waals surface area contributed by atoms with E-state index in [0.717, 1.165) is 11.1 Å². The van der Waals surface area contributed by atoms with Gasteiger partial charge in [-0.15, -0.1) is 11.8 Å². The summed E-state index contributed by atoms with van der Waals surface area (Å²) in [6.45, 7) is -2.93. The Morgan fingerprint density at radius 3 is 2.92 bits per heavy atom. The van der Waals surface area contributed by atoms with Crippen LogP contribution in [0.4, 0.5) is 14.6 Å². The average molecular weight is 355 g/mol. The number of aromatic nitrogens is 2. The lowest BCUT2D eigenvalue weighted by Gasteiger charge is -2.17. The molecule has 24 heavy (non-hydrogen) atoms. The summed E-state index contributed by atoms with van der Waals surface area (Å²) >= 11 is 1.43. The fourth-order valence-corrected chi connectivity index (χ4v) is 3.61. The van der Waals surface area contributed by atoms with Crippen LogP contribution in [-0.4, -0.2) is 35.2 Å². The summed E-state index contributed by atoms with van der Waals surface area (Å²) in [7, 11) is 3.13. The molecular formula is C15H15F2N3O3S. The maximum Gasteiger partial charge on any atom is 0.387 e. The van der Waals surface area contributed by atoms with E-state index in [1.165, 1.54) is 24.9 Å². The van der Waals surface area contributed by atoms with Crippen LogP contribution in [0.25, 0.3) is 0 Å². The summed E-state index contributed by atoms with van der Waals surface area (Å²) in [5, 5.41) is 6.83. The molecule has 9 heteroatoms. The molecule has 2 heterocycles. The van der Waals surface area contributed by atoms with E-state index in [0.29, 0.717) is 5.82 Å². The van der Waals surface area contributed by atoms with Gasteiger partial charge in [-0.25, -0.2) is 0 Å². The Morgan fingerprint density at radius 2 is 2.21 bits per heavy atom. The Bertz CT molecular complexity index is 766. The highest BCUT2D eigenvalue weighted by Crippen LogP contribution is 2.43. The van der Waals surface area contributed by atoms with Crippen molar-refractivity contribution in [2.45, 2.75) is 11.9 Å². The maximum absolute atomic E-state index is 12.5. The minimum Gasteiger partial charge on any atom is -0.493 e. The van der Waals surface area contributed by atoms with Crippen LogP contribution in [0.1, 0.15) is 16.4 Å². The van der Waals surface area contributed by atoms with E-state index in [4.69, 9.17) is 4.74 Å². The number of amides is 1. The molecule has 1 N–H and O–H groups in total. The summed E-state index contributed by atoms with van der Waals surface area (Å²) < 4.78 is 36.1. The van der Waals surface area contributed by atoms with Gasteiger partial charge in [0.15, 0.2) is 11.5 Å². The number of halogens is 2. The highest BCUT2D eigenvalue weighted by Gasteiger charge is 2.27. The lowest BCUT2D eigenvalue weighted by molar-refractivity contribution is -0.113. The zero-order valence-corrected chi connectivity index (χ0v) is 13.8. The zero-order valence-electron chi connectivity index (χ0n) is 13.0. The summed E-state index contributed by atoms with van der Waals surface area (Å²) in [6.07, 6.45) is 1.69. The Hall–Kier alpha value is -2.29. The van der Waals surface area contributed by atoms with Crippen molar-refractivity contribution >= 4 is 23.5 Å². The molecule has 1 amide bonds. The third kappa shape index (κ3) is 3.16. The number of benzene rings is 1. The molecular weight excluding hydrogens is 340 g/mol. The molecule has 0 saturated carbocycles. The molecule has 1 aromatic heterocycles.